The maximum atomic E-state index is 6.43. The van der Waals surface area contributed by atoms with E-state index in [2.05, 4.69) is 21.2 Å². The molecule has 1 atom stereocenters. The molecule has 1 N–H and O–H groups in total. The minimum Gasteiger partial charge on any atom is -0.492 e. The van der Waals surface area contributed by atoms with Crippen LogP contribution in [0.2, 0.25) is 10.0 Å². The van der Waals surface area contributed by atoms with E-state index in [1.165, 1.54) is 12.8 Å². The Morgan fingerprint density at radius 2 is 2.06 bits per heavy atom. The van der Waals surface area contributed by atoms with E-state index in [4.69, 9.17) is 27.9 Å². The Kier molecular flexibility index (Phi) is 3.77. The van der Waals surface area contributed by atoms with Gasteiger partial charge >= 0.3 is 0 Å². The van der Waals surface area contributed by atoms with Crippen LogP contribution in [0, 0.1) is 0 Å². The van der Waals surface area contributed by atoms with Gasteiger partial charge in [0.2, 0.25) is 0 Å². The molecule has 1 aromatic rings. The number of hydrogen-bond acceptors (Lipinski definition) is 2. The Bertz CT molecular complexity index is 477. The maximum Gasteiger partial charge on any atom is 0.144 e. The lowest BCUT2D eigenvalue weighted by Gasteiger charge is -2.21. The number of halogens is 3. The second kappa shape index (κ2) is 5.20. The van der Waals surface area contributed by atoms with E-state index in [0.717, 1.165) is 33.6 Å². The van der Waals surface area contributed by atoms with Crippen molar-refractivity contribution >= 4 is 39.1 Å². The van der Waals surface area contributed by atoms with Crippen LogP contribution in [0.5, 0.6) is 5.75 Å². The predicted molar refractivity (Wildman–Crippen MR) is 77.8 cm³/mol. The van der Waals surface area contributed by atoms with Crippen LogP contribution in [-0.2, 0) is 0 Å². The Hall–Kier alpha value is 0.0400. The fourth-order valence-corrected chi connectivity index (χ4v) is 3.47. The maximum absolute atomic E-state index is 6.43. The molecule has 1 heterocycles. The molecule has 1 aliphatic heterocycles. The zero-order valence-corrected chi connectivity index (χ0v) is 12.9. The number of benzene rings is 1. The molecular formula is C13H14BrCl2NO. The van der Waals surface area contributed by atoms with Crippen LogP contribution in [0.25, 0.3) is 0 Å². The largest absolute Gasteiger partial charge is 0.492 e. The van der Waals surface area contributed by atoms with E-state index in [0.29, 0.717) is 17.7 Å². The molecule has 0 radical (unpaired) electrons. The summed E-state index contributed by atoms with van der Waals surface area (Å²) in [6.45, 7) is 0.702. The third kappa shape index (κ3) is 2.51. The van der Waals surface area contributed by atoms with Crippen LogP contribution in [0.15, 0.2) is 10.5 Å². The lowest BCUT2D eigenvalue weighted by Crippen LogP contribution is -2.23. The van der Waals surface area contributed by atoms with E-state index in [-0.39, 0.29) is 6.04 Å². The van der Waals surface area contributed by atoms with Crippen molar-refractivity contribution in [3.63, 3.8) is 0 Å². The van der Waals surface area contributed by atoms with Crippen molar-refractivity contribution in [2.75, 3.05) is 6.61 Å². The van der Waals surface area contributed by atoms with Gasteiger partial charge in [0.25, 0.3) is 0 Å². The van der Waals surface area contributed by atoms with Crippen LogP contribution < -0.4 is 10.1 Å². The Labute approximate surface area is 125 Å². The van der Waals surface area contributed by atoms with Crippen molar-refractivity contribution in [1.82, 2.24) is 5.32 Å². The molecule has 0 amide bonds. The van der Waals surface area contributed by atoms with E-state index >= 15 is 0 Å². The van der Waals surface area contributed by atoms with Crippen LogP contribution in [-0.4, -0.2) is 12.6 Å². The van der Waals surface area contributed by atoms with E-state index in [1.54, 1.807) is 0 Å². The summed E-state index contributed by atoms with van der Waals surface area (Å²) in [5, 5.41) is 4.99. The molecule has 1 saturated carbocycles. The monoisotopic (exact) mass is 349 g/mol. The van der Waals surface area contributed by atoms with Crippen molar-refractivity contribution in [3.8, 4) is 5.75 Å². The molecule has 3 rings (SSSR count). The SMILES string of the molecule is Clc1cc(Br)c(Cl)c2c1OCCCC2NC1CC1. The second-order valence-electron chi connectivity index (χ2n) is 4.88. The molecule has 98 valence electrons. The molecule has 0 saturated heterocycles. The van der Waals surface area contributed by atoms with Crippen molar-refractivity contribution in [2.45, 2.75) is 37.8 Å². The van der Waals surface area contributed by atoms with Crippen LogP contribution in [0.3, 0.4) is 0 Å². The summed E-state index contributed by atoms with van der Waals surface area (Å²) in [6.07, 6.45) is 4.57. The molecule has 5 heteroatoms. The van der Waals surface area contributed by atoms with Gasteiger partial charge in [-0.1, -0.05) is 23.2 Å². The van der Waals surface area contributed by atoms with Gasteiger partial charge in [-0.05, 0) is 47.7 Å². The van der Waals surface area contributed by atoms with E-state index in [9.17, 15) is 0 Å². The standard InChI is InChI=1S/C13H14BrCl2NO/c14-8-6-9(15)13-11(12(8)16)10(2-1-5-18-13)17-7-3-4-7/h6-7,10,17H,1-5H2. The summed E-state index contributed by atoms with van der Waals surface area (Å²) in [5.74, 6) is 0.750. The minimum absolute atomic E-state index is 0.248. The van der Waals surface area contributed by atoms with Crippen molar-refractivity contribution in [1.29, 1.82) is 0 Å². The molecule has 0 aromatic heterocycles. The van der Waals surface area contributed by atoms with Gasteiger partial charge in [-0.2, -0.15) is 0 Å². The van der Waals surface area contributed by atoms with Crippen molar-refractivity contribution in [3.05, 3.63) is 26.1 Å². The lowest BCUT2D eigenvalue weighted by atomic mass is 10.0. The number of ether oxygens (including phenoxy) is 1. The number of hydrogen-bond donors (Lipinski definition) is 1. The second-order valence-corrected chi connectivity index (χ2v) is 6.52. The van der Waals surface area contributed by atoms with E-state index in [1.807, 2.05) is 6.07 Å². The highest BCUT2D eigenvalue weighted by molar-refractivity contribution is 9.10. The normalized spacial score (nSPS) is 23.2. The Morgan fingerprint density at radius 3 is 2.78 bits per heavy atom. The van der Waals surface area contributed by atoms with Crippen LogP contribution in [0.1, 0.15) is 37.3 Å². The molecule has 2 nitrogen and oxygen atoms in total. The molecule has 1 aromatic carbocycles. The summed E-state index contributed by atoms with van der Waals surface area (Å²) in [4.78, 5) is 0. The summed E-state index contributed by atoms with van der Waals surface area (Å²) < 4.78 is 6.60. The zero-order valence-electron chi connectivity index (χ0n) is 9.81. The molecular weight excluding hydrogens is 337 g/mol. The smallest absolute Gasteiger partial charge is 0.144 e. The van der Waals surface area contributed by atoms with Gasteiger partial charge in [-0.25, -0.2) is 0 Å². The summed E-state index contributed by atoms with van der Waals surface area (Å²) in [7, 11) is 0. The Morgan fingerprint density at radius 1 is 1.28 bits per heavy atom. The van der Waals surface area contributed by atoms with Crippen molar-refractivity contribution in [2.24, 2.45) is 0 Å². The average molecular weight is 351 g/mol. The molecule has 1 fully saturated rings. The fraction of sp³-hybridized carbons (Fsp3) is 0.538. The van der Waals surface area contributed by atoms with Gasteiger partial charge in [-0.15, -0.1) is 0 Å². The van der Waals surface area contributed by atoms with Gasteiger partial charge < -0.3 is 10.1 Å². The van der Waals surface area contributed by atoms with Gasteiger partial charge in [0.05, 0.1) is 16.7 Å². The highest BCUT2D eigenvalue weighted by atomic mass is 79.9. The Balaban J connectivity index is 2.05. The number of fused-ring (bicyclic) bond motifs is 1. The molecule has 0 spiro atoms. The van der Waals surface area contributed by atoms with Crippen LogP contribution >= 0.6 is 39.1 Å². The highest BCUT2D eigenvalue weighted by Crippen LogP contribution is 2.45. The third-order valence-corrected chi connectivity index (χ3v) is 4.95. The first-order valence-corrected chi connectivity index (χ1v) is 7.78. The summed E-state index contributed by atoms with van der Waals surface area (Å²) in [6, 6.07) is 2.69. The number of nitrogens with one attached hydrogen (secondary N) is 1. The highest BCUT2D eigenvalue weighted by Gasteiger charge is 2.31. The fourth-order valence-electron chi connectivity index (χ4n) is 2.36. The van der Waals surface area contributed by atoms with E-state index < -0.39 is 0 Å². The van der Waals surface area contributed by atoms with Gasteiger partial charge in [0, 0.05) is 22.1 Å². The topological polar surface area (TPSA) is 21.3 Å². The molecule has 1 aliphatic carbocycles. The quantitative estimate of drug-likeness (QED) is 0.779. The van der Waals surface area contributed by atoms with Crippen LogP contribution in [0.4, 0.5) is 0 Å². The first-order chi connectivity index (χ1) is 8.66. The molecule has 2 aliphatic rings. The predicted octanol–water partition coefficient (Wildman–Crippen LogP) is 4.72. The first kappa shape index (κ1) is 13.0. The van der Waals surface area contributed by atoms with Gasteiger partial charge in [-0.3, -0.25) is 0 Å². The first-order valence-electron chi connectivity index (χ1n) is 6.23. The lowest BCUT2D eigenvalue weighted by molar-refractivity contribution is 0.315. The summed E-state index contributed by atoms with van der Waals surface area (Å²) in [5.41, 5.74) is 1.01. The van der Waals surface area contributed by atoms with Gasteiger partial charge in [0.15, 0.2) is 0 Å². The zero-order chi connectivity index (χ0) is 12.7. The molecule has 18 heavy (non-hydrogen) atoms. The minimum atomic E-state index is 0.248. The average Bonchev–Trinajstić information content (AvgIpc) is 3.14. The third-order valence-electron chi connectivity index (χ3n) is 3.41. The molecule has 0 bridgehead atoms. The van der Waals surface area contributed by atoms with Gasteiger partial charge in [0.1, 0.15) is 5.75 Å². The number of rotatable bonds is 2. The van der Waals surface area contributed by atoms with Crippen molar-refractivity contribution < 1.29 is 4.74 Å². The summed E-state index contributed by atoms with van der Waals surface area (Å²) >= 11 is 16.2. The molecule has 1 unspecified atom stereocenters.